The van der Waals surface area contributed by atoms with Gasteiger partial charge in [-0.2, -0.15) is 0 Å². The molecular weight excluding hydrogens is 955 g/mol. The number of carboxylic acids is 2. The summed E-state index contributed by atoms with van der Waals surface area (Å²) >= 11 is 0. The minimum Gasteiger partial charge on any atom is -0.481 e. The van der Waals surface area contributed by atoms with E-state index in [4.69, 9.17) is 39.5 Å². The van der Waals surface area contributed by atoms with Gasteiger partial charge in [-0.3, -0.25) is 57.7 Å². The maximum absolute atomic E-state index is 14.0. The monoisotopic (exact) mass is 1030 g/mol. The van der Waals surface area contributed by atoms with Crippen LogP contribution in [0, 0.1) is 11.8 Å². The van der Waals surface area contributed by atoms with Gasteiger partial charge in [0.25, 0.3) is 0 Å². The first-order valence-electron chi connectivity index (χ1n) is 23.2. The summed E-state index contributed by atoms with van der Waals surface area (Å²) in [5.41, 5.74) is 32.8. The predicted molar refractivity (Wildman–Crippen MR) is 255 cm³/mol. The van der Waals surface area contributed by atoms with Gasteiger partial charge in [-0.1, -0.05) is 34.1 Å². The zero-order valence-electron chi connectivity index (χ0n) is 41.2. The maximum Gasteiger partial charge on any atom is 0.326 e. The molecule has 0 saturated heterocycles. The summed E-state index contributed by atoms with van der Waals surface area (Å²) < 4.78 is 0. The van der Waals surface area contributed by atoms with Crippen molar-refractivity contribution in [3.05, 3.63) is 0 Å². The molecule has 0 aromatic carbocycles. The molecule has 72 heavy (non-hydrogen) atoms. The zero-order valence-corrected chi connectivity index (χ0v) is 41.2. The summed E-state index contributed by atoms with van der Waals surface area (Å²) in [5.74, 6) is -14.5. The van der Waals surface area contributed by atoms with Crippen LogP contribution >= 0.6 is 0 Å². The number of aliphatic imine (C=N–C) groups is 1. The van der Waals surface area contributed by atoms with Crippen LogP contribution in [0.1, 0.15) is 98.8 Å². The Morgan fingerprint density at radius 2 is 1.00 bits per heavy atom. The first-order valence-corrected chi connectivity index (χ1v) is 23.2. The van der Waals surface area contributed by atoms with Crippen molar-refractivity contribution in [2.45, 2.75) is 153 Å². The number of aliphatic carboxylic acids is 2. The smallest absolute Gasteiger partial charge is 0.326 e. The highest BCUT2D eigenvalue weighted by Crippen LogP contribution is 2.11. The summed E-state index contributed by atoms with van der Waals surface area (Å²) in [7, 11) is 0. The fourth-order valence-corrected chi connectivity index (χ4v) is 6.46. The topological polar surface area (TPSA) is 530 Å². The van der Waals surface area contributed by atoms with E-state index in [1.165, 1.54) is 6.92 Å². The molecule has 30 nitrogen and oxygen atoms in total. The molecule has 0 aliphatic heterocycles. The van der Waals surface area contributed by atoms with Crippen molar-refractivity contribution in [1.82, 2.24) is 42.5 Å². The second-order valence-corrected chi connectivity index (χ2v) is 17.3. The number of nitrogens with two attached hydrogens (primary N) is 6. The highest BCUT2D eigenvalue weighted by atomic mass is 16.4. The lowest BCUT2D eigenvalue weighted by atomic mass is 9.97. The van der Waals surface area contributed by atoms with Gasteiger partial charge < -0.3 is 92.3 Å². The van der Waals surface area contributed by atoms with Crippen LogP contribution in [0.4, 0.5) is 0 Å². The van der Waals surface area contributed by atoms with E-state index in [2.05, 4.69) is 47.5 Å². The summed E-state index contributed by atoms with van der Waals surface area (Å²) in [6, 6.07) is -13.9. The molecule has 0 fully saturated rings. The number of hydrogen-bond acceptors (Lipinski definition) is 16. The number of unbranched alkanes of at least 4 members (excludes halogenated alkanes) is 1. The number of carbonyl (C=O) groups is 12. The third-order valence-electron chi connectivity index (χ3n) is 10.8. The van der Waals surface area contributed by atoms with E-state index in [1.54, 1.807) is 27.7 Å². The Kier molecular flexibility index (Phi) is 30.0. The number of amides is 10. The lowest BCUT2D eigenvalue weighted by Gasteiger charge is -2.28. The highest BCUT2D eigenvalue weighted by Gasteiger charge is 2.36. The van der Waals surface area contributed by atoms with Crippen LogP contribution in [0.25, 0.3) is 0 Å². The molecule has 23 N–H and O–H groups in total. The van der Waals surface area contributed by atoms with Gasteiger partial charge in [0.2, 0.25) is 59.1 Å². The van der Waals surface area contributed by atoms with Gasteiger partial charge in [-0.25, -0.2) is 4.79 Å². The lowest BCUT2D eigenvalue weighted by molar-refractivity contribution is -0.143. The van der Waals surface area contributed by atoms with Crippen molar-refractivity contribution >= 4 is 77.0 Å². The highest BCUT2D eigenvalue weighted by molar-refractivity contribution is 5.99. The van der Waals surface area contributed by atoms with Crippen molar-refractivity contribution in [2.24, 2.45) is 51.2 Å². The fourth-order valence-electron chi connectivity index (χ4n) is 6.46. The van der Waals surface area contributed by atoms with Gasteiger partial charge in [0.1, 0.15) is 48.3 Å². The second-order valence-electron chi connectivity index (χ2n) is 17.3. The largest absolute Gasteiger partial charge is 0.481 e. The molecule has 0 heterocycles. The van der Waals surface area contributed by atoms with Crippen molar-refractivity contribution in [3.8, 4) is 0 Å². The number of nitrogens with one attached hydrogen (secondary N) is 8. The van der Waals surface area contributed by atoms with Gasteiger partial charge >= 0.3 is 11.9 Å². The molecule has 0 spiro atoms. The Labute approximate surface area is 415 Å². The average Bonchev–Trinajstić information content (AvgIpc) is 3.29. The SMILES string of the molecule is CC[C@H](C)[C@H](NC(=O)[C@@H](N)CC(=O)O)C(=O)N[C@@H](CO)C(=O)N[C@@H](CCC(N)=O)C(=O)N[C@@H](CC(N)=O)C(=O)N[C@@H](CCCCN)C(=O)N[C@@H](CCCN=C(N)N)C(=O)N[C@@H](C)C(=O)N[C@H](C(=O)O)C(C)C. The number of hydrogen-bond donors (Lipinski definition) is 17. The number of guanidine groups is 1. The molecule has 0 aliphatic rings. The van der Waals surface area contributed by atoms with Crippen molar-refractivity contribution in [1.29, 1.82) is 0 Å². The molecule has 0 rings (SSSR count). The first-order chi connectivity index (χ1) is 33.6. The summed E-state index contributed by atoms with van der Waals surface area (Å²) in [6.45, 7) is 6.69. The molecule has 408 valence electrons. The molecule has 10 amide bonds. The van der Waals surface area contributed by atoms with Crippen LogP contribution in [0.2, 0.25) is 0 Å². The number of carbonyl (C=O) groups excluding carboxylic acids is 10. The molecule has 0 saturated carbocycles. The normalized spacial score (nSPS) is 15.1. The summed E-state index contributed by atoms with van der Waals surface area (Å²) in [5, 5.41) is 47.4. The van der Waals surface area contributed by atoms with Crippen LogP contribution in [0.15, 0.2) is 4.99 Å². The number of carboxylic acid groups (broad SMARTS) is 2. The predicted octanol–water partition coefficient (Wildman–Crippen LogP) is -7.21. The third-order valence-corrected chi connectivity index (χ3v) is 10.8. The van der Waals surface area contributed by atoms with E-state index in [0.29, 0.717) is 6.42 Å². The van der Waals surface area contributed by atoms with E-state index in [0.717, 1.165) is 0 Å². The third kappa shape index (κ3) is 25.1. The standard InChI is InChI=1S/C42H75N15O15/c1-6-20(4)32(57-34(64)22(44)16-30(61)62)40(70)55-27(18-58)39(69)53-25(12-13-28(45)59)37(67)54-26(17-29(46)60)38(68)52-23(10-7-8-14-43)36(66)51-24(11-9-15-49-42(47)48)35(65)50-21(5)33(63)56-31(19(2)3)41(71)72/h19-27,31-32,58H,6-18,43-44H2,1-5H3,(H2,45,59)(H2,46,60)(H,50,65)(H,51,66)(H,52,68)(H,53,69)(H,54,67)(H,55,70)(H,56,63)(H,57,64)(H,61,62)(H,71,72)(H4,47,48,49)/t20-,21-,22-,23-,24-,25-,26-,27-,31-,32-/m0/s1. The van der Waals surface area contributed by atoms with Crippen LogP contribution in [0.3, 0.4) is 0 Å². The summed E-state index contributed by atoms with van der Waals surface area (Å²) in [4.78, 5) is 158. The van der Waals surface area contributed by atoms with Crippen LogP contribution in [0.5, 0.6) is 0 Å². The number of primary amides is 2. The van der Waals surface area contributed by atoms with Crippen LogP contribution in [-0.2, 0) is 57.5 Å². The average molecular weight is 1030 g/mol. The lowest BCUT2D eigenvalue weighted by Crippen LogP contribution is -2.61. The molecule has 0 bridgehead atoms. The Bertz CT molecular complexity index is 1930. The molecule has 0 aliphatic carbocycles. The van der Waals surface area contributed by atoms with E-state index in [-0.39, 0.29) is 51.2 Å². The first kappa shape index (κ1) is 64.8. The van der Waals surface area contributed by atoms with E-state index in [9.17, 15) is 67.7 Å². The molecule has 0 radical (unpaired) electrons. The van der Waals surface area contributed by atoms with Crippen molar-refractivity contribution in [3.63, 3.8) is 0 Å². The fraction of sp³-hybridized carbons (Fsp3) is 0.690. The van der Waals surface area contributed by atoms with Gasteiger partial charge in [0.05, 0.1) is 25.5 Å². The van der Waals surface area contributed by atoms with Gasteiger partial charge in [-0.05, 0) is 63.8 Å². The van der Waals surface area contributed by atoms with Gasteiger partial charge in [0, 0.05) is 13.0 Å². The van der Waals surface area contributed by atoms with Crippen LogP contribution in [-0.4, -0.2) is 166 Å². The van der Waals surface area contributed by atoms with Gasteiger partial charge in [-0.15, -0.1) is 0 Å². The van der Waals surface area contributed by atoms with Crippen molar-refractivity contribution < 1.29 is 72.9 Å². The molecule has 0 unspecified atom stereocenters. The van der Waals surface area contributed by atoms with E-state index in [1.807, 2.05) is 0 Å². The van der Waals surface area contributed by atoms with Crippen molar-refractivity contribution in [2.75, 3.05) is 19.7 Å². The number of aliphatic hydroxyl groups excluding tert-OH is 1. The number of aliphatic hydroxyl groups is 1. The molecule has 0 aromatic heterocycles. The molecule has 10 atom stereocenters. The number of nitrogens with zero attached hydrogens (tertiary/aromatic N) is 1. The molecule has 0 aromatic rings. The maximum atomic E-state index is 14.0. The minimum atomic E-state index is -1.87. The Morgan fingerprint density at radius 1 is 0.528 bits per heavy atom. The Hall–Kier alpha value is -7.21. The van der Waals surface area contributed by atoms with Gasteiger partial charge in [0.15, 0.2) is 5.96 Å². The Morgan fingerprint density at radius 3 is 1.46 bits per heavy atom. The Balaban J connectivity index is 6.66. The van der Waals surface area contributed by atoms with E-state index < -0.39 is 170 Å². The quantitative estimate of drug-likeness (QED) is 0.0157. The second kappa shape index (κ2) is 33.4. The minimum absolute atomic E-state index is 0.000442. The zero-order chi connectivity index (χ0) is 55.4. The van der Waals surface area contributed by atoms with Crippen LogP contribution < -0.4 is 76.9 Å². The number of rotatable bonds is 36. The molecule has 30 heteroatoms. The molecular formula is C42H75N15O15. The van der Waals surface area contributed by atoms with E-state index >= 15 is 0 Å². The summed E-state index contributed by atoms with van der Waals surface area (Å²) in [6.07, 6.45) is -2.06.